The minimum atomic E-state index is 0.214. The van der Waals surface area contributed by atoms with Gasteiger partial charge in [-0.15, -0.1) is 11.8 Å². The van der Waals surface area contributed by atoms with E-state index in [2.05, 4.69) is 22.4 Å². The largest absolute Gasteiger partial charge is 0.381 e. The van der Waals surface area contributed by atoms with Crippen LogP contribution in [0.3, 0.4) is 0 Å². The molecule has 1 aromatic heterocycles. The second-order valence-electron chi connectivity index (χ2n) is 5.66. The van der Waals surface area contributed by atoms with Crippen LogP contribution >= 0.6 is 11.8 Å². The highest BCUT2D eigenvalue weighted by Gasteiger charge is 2.23. The van der Waals surface area contributed by atoms with Crippen LogP contribution in [0.5, 0.6) is 0 Å². The average Bonchev–Trinajstić information content (AvgIpc) is 2.62. The predicted molar refractivity (Wildman–Crippen MR) is 94.6 cm³/mol. The van der Waals surface area contributed by atoms with Gasteiger partial charge in [0, 0.05) is 42.1 Å². The lowest BCUT2D eigenvalue weighted by molar-refractivity contribution is -0.129. The number of carbonyl (C=O) groups is 1. The SMILES string of the molecule is O=C(CSc1ccncc1)N1CCCC(Nc2ccccc2)C1. The molecule has 1 saturated heterocycles. The standard InChI is InChI=1S/C18H21N3OS/c22-18(14-23-17-8-10-19-11-9-17)21-12-4-7-16(13-21)20-15-5-2-1-3-6-15/h1-3,5-6,8-11,16,20H,4,7,12-14H2. The highest BCUT2D eigenvalue weighted by molar-refractivity contribution is 8.00. The summed E-state index contributed by atoms with van der Waals surface area (Å²) >= 11 is 1.58. The minimum absolute atomic E-state index is 0.214. The molecule has 1 fully saturated rings. The van der Waals surface area contributed by atoms with Crippen LogP contribution in [0.25, 0.3) is 0 Å². The molecule has 0 aliphatic carbocycles. The lowest BCUT2D eigenvalue weighted by Crippen LogP contribution is -2.45. The van der Waals surface area contributed by atoms with Crippen LogP contribution in [0.1, 0.15) is 12.8 Å². The Balaban J connectivity index is 1.50. The number of carbonyl (C=O) groups excluding carboxylic acids is 1. The molecule has 5 heteroatoms. The zero-order valence-corrected chi connectivity index (χ0v) is 13.8. The second-order valence-corrected chi connectivity index (χ2v) is 6.71. The van der Waals surface area contributed by atoms with Gasteiger partial charge in [-0.2, -0.15) is 0 Å². The van der Waals surface area contributed by atoms with Gasteiger partial charge in [-0.3, -0.25) is 9.78 Å². The molecule has 1 aromatic carbocycles. The Morgan fingerprint density at radius 1 is 1.22 bits per heavy atom. The van der Waals surface area contributed by atoms with Gasteiger partial charge in [0.15, 0.2) is 0 Å². The molecule has 2 heterocycles. The quantitative estimate of drug-likeness (QED) is 0.856. The third kappa shape index (κ3) is 4.73. The van der Waals surface area contributed by atoms with Crippen LogP contribution < -0.4 is 5.32 Å². The summed E-state index contributed by atoms with van der Waals surface area (Å²) in [5.41, 5.74) is 1.12. The van der Waals surface area contributed by atoms with E-state index in [0.717, 1.165) is 36.5 Å². The molecule has 1 N–H and O–H groups in total. The van der Waals surface area contributed by atoms with Crippen LogP contribution in [0.4, 0.5) is 5.69 Å². The van der Waals surface area contributed by atoms with E-state index in [-0.39, 0.29) is 5.91 Å². The van der Waals surface area contributed by atoms with E-state index in [1.165, 1.54) is 0 Å². The normalized spacial score (nSPS) is 17.7. The summed E-state index contributed by atoms with van der Waals surface area (Å²) in [6.45, 7) is 1.65. The van der Waals surface area contributed by atoms with Crippen molar-refractivity contribution in [1.29, 1.82) is 0 Å². The van der Waals surface area contributed by atoms with Gasteiger partial charge in [0.2, 0.25) is 5.91 Å². The summed E-state index contributed by atoms with van der Waals surface area (Å²) in [4.78, 5) is 19.5. The Morgan fingerprint density at radius 3 is 2.78 bits per heavy atom. The van der Waals surface area contributed by atoms with E-state index in [1.807, 2.05) is 35.2 Å². The summed E-state index contributed by atoms with van der Waals surface area (Å²) < 4.78 is 0. The maximum absolute atomic E-state index is 12.4. The Labute approximate surface area is 141 Å². The first-order chi connectivity index (χ1) is 11.3. The molecule has 3 rings (SSSR count). The Bertz CT molecular complexity index is 621. The van der Waals surface area contributed by atoms with Gasteiger partial charge in [-0.1, -0.05) is 18.2 Å². The van der Waals surface area contributed by atoms with Crippen LogP contribution in [0, 0.1) is 0 Å². The van der Waals surface area contributed by atoms with Crippen molar-refractivity contribution in [2.24, 2.45) is 0 Å². The Hall–Kier alpha value is -2.01. The maximum atomic E-state index is 12.4. The number of hydrogen-bond donors (Lipinski definition) is 1. The number of likely N-dealkylation sites (tertiary alicyclic amines) is 1. The highest BCUT2D eigenvalue weighted by Crippen LogP contribution is 2.20. The Kier molecular flexibility index (Phi) is 5.53. The van der Waals surface area contributed by atoms with Crippen molar-refractivity contribution >= 4 is 23.4 Å². The topological polar surface area (TPSA) is 45.2 Å². The molecular formula is C18H21N3OS. The van der Waals surface area contributed by atoms with Gasteiger partial charge in [-0.25, -0.2) is 0 Å². The number of aromatic nitrogens is 1. The first kappa shape index (κ1) is 15.9. The molecule has 1 atom stereocenters. The maximum Gasteiger partial charge on any atom is 0.233 e. The molecule has 0 spiro atoms. The van der Waals surface area contributed by atoms with Gasteiger partial charge in [0.25, 0.3) is 0 Å². The molecule has 4 nitrogen and oxygen atoms in total. The zero-order valence-electron chi connectivity index (χ0n) is 13.0. The van der Waals surface area contributed by atoms with E-state index < -0.39 is 0 Å². The number of hydrogen-bond acceptors (Lipinski definition) is 4. The van der Waals surface area contributed by atoms with Crippen LogP contribution in [0.15, 0.2) is 59.8 Å². The van der Waals surface area contributed by atoms with E-state index in [1.54, 1.807) is 24.2 Å². The van der Waals surface area contributed by atoms with Crippen molar-refractivity contribution in [2.75, 3.05) is 24.2 Å². The van der Waals surface area contributed by atoms with Crippen molar-refractivity contribution in [1.82, 2.24) is 9.88 Å². The first-order valence-electron chi connectivity index (χ1n) is 7.93. The van der Waals surface area contributed by atoms with Gasteiger partial charge < -0.3 is 10.2 Å². The number of nitrogens with one attached hydrogen (secondary N) is 1. The average molecular weight is 327 g/mol. The number of thioether (sulfide) groups is 1. The number of amides is 1. The molecule has 0 radical (unpaired) electrons. The molecule has 1 amide bonds. The van der Waals surface area contributed by atoms with Crippen LogP contribution in [0.2, 0.25) is 0 Å². The Morgan fingerprint density at radius 2 is 2.00 bits per heavy atom. The highest BCUT2D eigenvalue weighted by atomic mass is 32.2. The monoisotopic (exact) mass is 327 g/mol. The first-order valence-corrected chi connectivity index (χ1v) is 8.92. The number of nitrogens with zero attached hydrogens (tertiary/aromatic N) is 2. The van der Waals surface area contributed by atoms with Crippen molar-refractivity contribution in [2.45, 2.75) is 23.8 Å². The summed E-state index contributed by atoms with van der Waals surface area (Å²) in [7, 11) is 0. The lowest BCUT2D eigenvalue weighted by atomic mass is 10.1. The number of pyridine rings is 1. The molecule has 1 aliphatic rings. The lowest BCUT2D eigenvalue weighted by Gasteiger charge is -2.33. The van der Waals surface area contributed by atoms with Gasteiger partial charge >= 0.3 is 0 Å². The van der Waals surface area contributed by atoms with E-state index in [9.17, 15) is 4.79 Å². The third-order valence-corrected chi connectivity index (χ3v) is 4.93. The van der Waals surface area contributed by atoms with Crippen molar-refractivity contribution < 1.29 is 4.79 Å². The van der Waals surface area contributed by atoms with Crippen LogP contribution in [-0.2, 0) is 4.79 Å². The molecule has 2 aromatic rings. The number of rotatable bonds is 5. The molecule has 0 bridgehead atoms. The van der Waals surface area contributed by atoms with Gasteiger partial charge in [0.05, 0.1) is 5.75 Å². The van der Waals surface area contributed by atoms with Gasteiger partial charge in [-0.05, 0) is 37.1 Å². The van der Waals surface area contributed by atoms with Crippen molar-refractivity contribution in [3.8, 4) is 0 Å². The van der Waals surface area contributed by atoms with Crippen LogP contribution in [-0.4, -0.2) is 40.7 Å². The molecule has 23 heavy (non-hydrogen) atoms. The predicted octanol–water partition coefficient (Wildman–Crippen LogP) is 3.28. The van der Waals surface area contributed by atoms with E-state index >= 15 is 0 Å². The summed E-state index contributed by atoms with van der Waals surface area (Å²) in [5.74, 6) is 0.702. The fourth-order valence-electron chi connectivity index (χ4n) is 2.76. The number of para-hydroxylation sites is 1. The zero-order chi connectivity index (χ0) is 15.9. The smallest absolute Gasteiger partial charge is 0.233 e. The summed E-state index contributed by atoms with van der Waals surface area (Å²) in [6, 6.07) is 14.4. The fourth-order valence-corrected chi connectivity index (χ4v) is 3.55. The molecule has 120 valence electrons. The third-order valence-electron chi connectivity index (χ3n) is 3.93. The van der Waals surface area contributed by atoms with Crippen molar-refractivity contribution in [3.63, 3.8) is 0 Å². The van der Waals surface area contributed by atoms with Gasteiger partial charge in [0.1, 0.15) is 0 Å². The number of anilines is 1. The van der Waals surface area contributed by atoms with E-state index in [0.29, 0.717) is 11.8 Å². The van der Waals surface area contributed by atoms with E-state index in [4.69, 9.17) is 0 Å². The second kappa shape index (κ2) is 8.02. The molecule has 0 saturated carbocycles. The number of piperidine rings is 1. The molecule has 1 unspecified atom stereocenters. The minimum Gasteiger partial charge on any atom is -0.381 e. The molecule has 1 aliphatic heterocycles. The van der Waals surface area contributed by atoms with Crippen molar-refractivity contribution in [3.05, 3.63) is 54.9 Å². The molecular weight excluding hydrogens is 306 g/mol. The fraction of sp³-hybridized carbons (Fsp3) is 0.333. The summed E-state index contributed by atoms with van der Waals surface area (Å²) in [6.07, 6.45) is 5.67. The number of benzene rings is 1. The summed E-state index contributed by atoms with van der Waals surface area (Å²) in [5, 5.41) is 3.53.